The van der Waals surface area contributed by atoms with Gasteiger partial charge in [-0.15, -0.1) is 0 Å². The van der Waals surface area contributed by atoms with Crippen molar-refractivity contribution in [3.05, 3.63) is 118 Å². The van der Waals surface area contributed by atoms with Gasteiger partial charge in [0, 0.05) is 28.4 Å². The minimum absolute atomic E-state index is 0.00170. The van der Waals surface area contributed by atoms with E-state index < -0.39 is 28.5 Å². The normalized spacial score (nSPS) is 12.4. The van der Waals surface area contributed by atoms with Crippen molar-refractivity contribution in [1.82, 2.24) is 13.7 Å². The zero-order valence-electron chi connectivity index (χ0n) is 25.3. The van der Waals surface area contributed by atoms with Gasteiger partial charge < -0.3 is 20.7 Å². The van der Waals surface area contributed by atoms with Crippen LogP contribution in [0, 0.1) is 16.3 Å². The number of primary amides is 1. The number of hydrogen-bond acceptors (Lipinski definition) is 7. The Bertz CT molecular complexity index is 2220. The van der Waals surface area contributed by atoms with Gasteiger partial charge in [-0.25, -0.2) is 9.18 Å². The van der Waals surface area contributed by atoms with Gasteiger partial charge in [0.1, 0.15) is 22.8 Å². The fraction of sp³-hybridized carbons (Fsp3) is 0.212. The molecule has 0 fully saturated rings. The standard InChI is InChI=1S/C33H30FIN6O5/c1-18-29-28(30(38(2)31(18)43)37-25-11-7-21(35)14-24(25)34)32(44)40(16-19-4-9-23(46-3)10-5-19)33(45)41(29)22-8-6-20-12-13-39(17-27(36)42)26(20)15-22/h4-11,14-15,37H,12-13,16-17H2,1-3H3,(H2,36,42). The van der Waals surface area contributed by atoms with E-state index >= 15 is 4.39 Å². The van der Waals surface area contributed by atoms with Gasteiger partial charge in [0.15, 0.2) is 0 Å². The molecule has 5 aromatic rings. The van der Waals surface area contributed by atoms with Crippen LogP contribution in [0.15, 0.2) is 75.0 Å². The highest BCUT2D eigenvalue weighted by molar-refractivity contribution is 14.1. The lowest BCUT2D eigenvalue weighted by Crippen LogP contribution is -2.42. The summed E-state index contributed by atoms with van der Waals surface area (Å²) in [5.41, 5.74) is 6.75. The van der Waals surface area contributed by atoms with Gasteiger partial charge in [0.05, 0.1) is 37.1 Å². The second-order valence-electron chi connectivity index (χ2n) is 11.1. The first kappa shape index (κ1) is 31.1. The molecule has 0 saturated heterocycles. The summed E-state index contributed by atoms with van der Waals surface area (Å²) < 4.78 is 24.7. The molecule has 1 aliphatic heterocycles. The van der Waals surface area contributed by atoms with Crippen LogP contribution in [0.2, 0.25) is 0 Å². The molecule has 13 heteroatoms. The number of benzene rings is 3. The number of nitrogens with two attached hydrogens (primary N) is 1. The number of carbonyl (C=O) groups is 1. The Morgan fingerprint density at radius 3 is 2.46 bits per heavy atom. The molecule has 11 nitrogen and oxygen atoms in total. The maximum Gasteiger partial charge on any atom is 0.336 e. The van der Waals surface area contributed by atoms with Crippen LogP contribution in [0.1, 0.15) is 16.7 Å². The third-order valence-electron chi connectivity index (χ3n) is 8.24. The third kappa shape index (κ3) is 5.44. The van der Waals surface area contributed by atoms with Crippen LogP contribution in [-0.4, -0.2) is 39.8 Å². The van der Waals surface area contributed by atoms with E-state index in [0.717, 1.165) is 15.8 Å². The van der Waals surface area contributed by atoms with Crippen LogP contribution in [0.4, 0.5) is 21.6 Å². The van der Waals surface area contributed by atoms with Crippen molar-refractivity contribution in [2.24, 2.45) is 12.8 Å². The fourth-order valence-electron chi connectivity index (χ4n) is 5.92. The SMILES string of the molecule is COc1ccc(Cn2c(=O)c3c(Nc4ccc(I)cc4F)n(C)c(=O)c(C)c3n(-c3ccc4c(c3)N(CC(N)=O)CC4)c2=O)cc1. The molecule has 3 heterocycles. The fourth-order valence-corrected chi connectivity index (χ4v) is 6.38. The van der Waals surface area contributed by atoms with Gasteiger partial charge in [-0.3, -0.25) is 28.1 Å². The average Bonchev–Trinajstić information content (AvgIpc) is 3.42. The van der Waals surface area contributed by atoms with E-state index in [9.17, 15) is 19.2 Å². The van der Waals surface area contributed by atoms with E-state index in [4.69, 9.17) is 10.5 Å². The number of carbonyl (C=O) groups excluding carboxylic acids is 1. The summed E-state index contributed by atoms with van der Waals surface area (Å²) in [5.74, 6) is -0.424. The summed E-state index contributed by atoms with van der Waals surface area (Å²) >= 11 is 1.99. The Balaban J connectivity index is 1.68. The second-order valence-corrected chi connectivity index (χ2v) is 12.4. The third-order valence-corrected chi connectivity index (χ3v) is 8.91. The van der Waals surface area contributed by atoms with Gasteiger partial charge in [-0.1, -0.05) is 18.2 Å². The molecule has 0 atom stereocenters. The highest BCUT2D eigenvalue weighted by Crippen LogP contribution is 2.32. The van der Waals surface area contributed by atoms with Crippen molar-refractivity contribution in [1.29, 1.82) is 0 Å². The monoisotopic (exact) mass is 736 g/mol. The number of fused-ring (bicyclic) bond motifs is 2. The molecule has 1 amide bonds. The number of anilines is 3. The number of rotatable bonds is 8. The molecule has 236 valence electrons. The predicted octanol–water partition coefficient (Wildman–Crippen LogP) is 3.55. The van der Waals surface area contributed by atoms with E-state index in [1.165, 1.54) is 28.3 Å². The largest absolute Gasteiger partial charge is 0.497 e. The number of halogens is 2. The van der Waals surface area contributed by atoms with Gasteiger partial charge >= 0.3 is 5.69 Å². The lowest BCUT2D eigenvalue weighted by Gasteiger charge is -2.22. The highest BCUT2D eigenvalue weighted by atomic mass is 127. The number of amides is 1. The predicted molar refractivity (Wildman–Crippen MR) is 183 cm³/mol. The average molecular weight is 737 g/mol. The summed E-state index contributed by atoms with van der Waals surface area (Å²) in [6, 6.07) is 16.9. The molecule has 6 rings (SSSR count). The number of nitrogens with zero attached hydrogens (tertiary/aromatic N) is 4. The molecule has 3 aromatic carbocycles. The molecule has 0 unspecified atom stereocenters. The van der Waals surface area contributed by atoms with Crippen molar-refractivity contribution in [3.8, 4) is 11.4 Å². The maximum absolute atomic E-state index is 15.1. The summed E-state index contributed by atoms with van der Waals surface area (Å²) in [6.45, 7) is 2.03. The Hall–Kier alpha value is -4.92. The summed E-state index contributed by atoms with van der Waals surface area (Å²) in [7, 11) is 3.03. The summed E-state index contributed by atoms with van der Waals surface area (Å²) in [6.07, 6.45) is 0.685. The van der Waals surface area contributed by atoms with Crippen LogP contribution >= 0.6 is 22.6 Å². The van der Waals surface area contributed by atoms with Crippen molar-refractivity contribution in [3.63, 3.8) is 0 Å². The first-order chi connectivity index (χ1) is 22.0. The quantitative estimate of drug-likeness (QED) is 0.233. The summed E-state index contributed by atoms with van der Waals surface area (Å²) in [4.78, 5) is 56.1. The number of methoxy groups -OCH3 is 1. The first-order valence-corrected chi connectivity index (χ1v) is 15.5. The number of aromatic nitrogens is 3. The van der Waals surface area contributed by atoms with Crippen LogP contribution < -0.4 is 37.5 Å². The molecule has 0 bridgehead atoms. The van der Waals surface area contributed by atoms with Crippen LogP contribution in [-0.2, 0) is 24.8 Å². The maximum atomic E-state index is 15.1. The minimum atomic E-state index is -0.671. The zero-order valence-corrected chi connectivity index (χ0v) is 27.4. The lowest BCUT2D eigenvalue weighted by molar-refractivity contribution is -0.116. The lowest BCUT2D eigenvalue weighted by atomic mass is 10.1. The molecular weight excluding hydrogens is 706 g/mol. The molecule has 46 heavy (non-hydrogen) atoms. The summed E-state index contributed by atoms with van der Waals surface area (Å²) in [5, 5.41) is 3.00. The van der Waals surface area contributed by atoms with E-state index in [-0.39, 0.29) is 41.1 Å². The molecule has 3 N–H and O–H groups in total. The Morgan fingerprint density at radius 2 is 1.78 bits per heavy atom. The first-order valence-electron chi connectivity index (χ1n) is 14.4. The Kier molecular flexibility index (Phi) is 8.19. The van der Waals surface area contributed by atoms with Crippen molar-refractivity contribution in [2.45, 2.75) is 19.9 Å². The number of hydrogen-bond donors (Lipinski definition) is 2. The van der Waals surface area contributed by atoms with E-state index in [0.29, 0.717) is 33.5 Å². The molecule has 0 radical (unpaired) electrons. The molecular formula is C33H30FIN6O5. The number of nitrogens with one attached hydrogen (secondary N) is 1. The van der Waals surface area contributed by atoms with Crippen molar-refractivity contribution < 1.29 is 13.9 Å². The Labute approximate surface area is 275 Å². The Morgan fingerprint density at radius 1 is 1.04 bits per heavy atom. The van der Waals surface area contributed by atoms with Crippen LogP contribution in [0.3, 0.4) is 0 Å². The molecule has 1 aliphatic rings. The molecule has 0 aliphatic carbocycles. The van der Waals surface area contributed by atoms with Gasteiger partial charge in [0.25, 0.3) is 11.1 Å². The van der Waals surface area contributed by atoms with E-state index in [2.05, 4.69) is 5.32 Å². The molecule has 0 spiro atoms. The smallest absolute Gasteiger partial charge is 0.336 e. The highest BCUT2D eigenvalue weighted by Gasteiger charge is 2.26. The van der Waals surface area contributed by atoms with Gasteiger partial charge in [0.2, 0.25) is 5.91 Å². The second kappa shape index (κ2) is 12.1. The van der Waals surface area contributed by atoms with Gasteiger partial charge in [-0.05, 0) is 89.5 Å². The van der Waals surface area contributed by atoms with E-state index in [1.54, 1.807) is 56.5 Å². The molecule has 2 aromatic heterocycles. The van der Waals surface area contributed by atoms with Crippen LogP contribution in [0.5, 0.6) is 5.75 Å². The van der Waals surface area contributed by atoms with Crippen molar-refractivity contribution in [2.75, 3.05) is 30.4 Å². The minimum Gasteiger partial charge on any atom is -0.497 e. The van der Waals surface area contributed by atoms with E-state index in [1.807, 2.05) is 33.6 Å². The zero-order chi connectivity index (χ0) is 32.9. The molecule has 0 saturated carbocycles. The number of pyridine rings is 1. The number of aryl methyl sites for hydroxylation is 1. The van der Waals surface area contributed by atoms with Crippen molar-refractivity contribution >= 4 is 56.6 Å². The van der Waals surface area contributed by atoms with Gasteiger partial charge in [-0.2, -0.15) is 0 Å². The topological polar surface area (TPSA) is 134 Å². The van der Waals surface area contributed by atoms with Crippen LogP contribution in [0.25, 0.3) is 16.6 Å². The number of ether oxygens (including phenoxy) is 1.